The van der Waals surface area contributed by atoms with Gasteiger partial charge in [-0.25, -0.2) is 0 Å². The van der Waals surface area contributed by atoms with E-state index >= 15 is 0 Å². The van der Waals surface area contributed by atoms with Crippen LogP contribution in [0.15, 0.2) is 18.2 Å². The van der Waals surface area contributed by atoms with E-state index in [2.05, 4.69) is 56.2 Å². The lowest BCUT2D eigenvalue weighted by molar-refractivity contribution is 0.516. The fourth-order valence-corrected chi connectivity index (χ4v) is 4.05. The molecule has 2 unspecified atom stereocenters. The average molecular weight is 249 g/mol. The highest BCUT2D eigenvalue weighted by Gasteiger charge is 2.24. The summed E-state index contributed by atoms with van der Waals surface area (Å²) in [6, 6.07) is 7.41. The van der Waals surface area contributed by atoms with Crippen molar-refractivity contribution in [3.63, 3.8) is 0 Å². The Kier molecular flexibility index (Phi) is 4.52. The van der Waals surface area contributed by atoms with Gasteiger partial charge in [-0.3, -0.25) is 0 Å². The van der Waals surface area contributed by atoms with Crippen LogP contribution < -0.4 is 5.32 Å². The van der Waals surface area contributed by atoms with Crippen molar-refractivity contribution in [2.24, 2.45) is 0 Å². The third kappa shape index (κ3) is 3.05. The first kappa shape index (κ1) is 13.0. The van der Waals surface area contributed by atoms with Crippen molar-refractivity contribution >= 4 is 11.8 Å². The van der Waals surface area contributed by atoms with Crippen LogP contribution in [0.4, 0.5) is 0 Å². The summed E-state index contributed by atoms with van der Waals surface area (Å²) in [4.78, 5) is 0. The van der Waals surface area contributed by atoms with Gasteiger partial charge in [0.2, 0.25) is 0 Å². The summed E-state index contributed by atoms with van der Waals surface area (Å²) in [6.07, 6.45) is 4.13. The quantitative estimate of drug-likeness (QED) is 0.873. The molecular weight excluding hydrogens is 226 g/mol. The van der Waals surface area contributed by atoms with Crippen molar-refractivity contribution in [1.29, 1.82) is 0 Å². The number of rotatable bonds is 3. The Morgan fingerprint density at radius 2 is 2.06 bits per heavy atom. The first-order chi connectivity index (χ1) is 8.22. The molecule has 1 N–H and O–H groups in total. The molecule has 2 heteroatoms. The first-order valence-electron chi connectivity index (χ1n) is 6.58. The lowest BCUT2D eigenvalue weighted by Crippen LogP contribution is -2.29. The zero-order valence-electron chi connectivity index (χ0n) is 11.1. The third-order valence-corrected chi connectivity index (χ3v) is 5.25. The van der Waals surface area contributed by atoms with E-state index in [0.717, 1.165) is 5.25 Å². The highest BCUT2D eigenvalue weighted by Crippen LogP contribution is 2.34. The Morgan fingerprint density at radius 3 is 2.65 bits per heavy atom. The second-order valence-electron chi connectivity index (χ2n) is 5.02. The van der Waals surface area contributed by atoms with E-state index in [1.165, 1.54) is 41.7 Å². The van der Waals surface area contributed by atoms with Crippen LogP contribution in [0.1, 0.15) is 42.0 Å². The van der Waals surface area contributed by atoms with Gasteiger partial charge in [-0.15, -0.1) is 0 Å². The summed E-state index contributed by atoms with van der Waals surface area (Å²) in [5.74, 6) is 1.33. The molecule has 1 aliphatic heterocycles. The van der Waals surface area contributed by atoms with E-state index in [9.17, 15) is 0 Å². The van der Waals surface area contributed by atoms with Crippen molar-refractivity contribution < 1.29 is 0 Å². The molecule has 1 aliphatic rings. The maximum Gasteiger partial charge on any atom is 0.0438 e. The summed E-state index contributed by atoms with van der Waals surface area (Å²) < 4.78 is 0. The van der Waals surface area contributed by atoms with Gasteiger partial charge in [0.05, 0.1) is 0 Å². The Balaban J connectivity index is 2.18. The van der Waals surface area contributed by atoms with E-state index in [0.29, 0.717) is 6.04 Å². The summed E-state index contributed by atoms with van der Waals surface area (Å²) in [5.41, 5.74) is 4.25. The van der Waals surface area contributed by atoms with Crippen LogP contribution in [0.5, 0.6) is 0 Å². The molecule has 94 valence electrons. The number of aryl methyl sites for hydroxylation is 2. The maximum atomic E-state index is 3.51. The van der Waals surface area contributed by atoms with Crippen LogP contribution in [0, 0.1) is 13.8 Å². The Labute approximate surface area is 109 Å². The molecule has 0 saturated carbocycles. The minimum Gasteiger partial charge on any atom is -0.312 e. The minimum atomic E-state index is 0.514. The number of hydrogen-bond donors (Lipinski definition) is 1. The van der Waals surface area contributed by atoms with Gasteiger partial charge in [-0.05, 0) is 56.2 Å². The normalized spacial score (nSPS) is 22.4. The van der Waals surface area contributed by atoms with Crippen molar-refractivity contribution in [1.82, 2.24) is 5.32 Å². The predicted octanol–water partition coefficient (Wildman–Crippen LogP) is 3.85. The number of thioether (sulfide) groups is 1. The number of nitrogens with one attached hydrogen (secondary N) is 1. The molecule has 1 heterocycles. The minimum absolute atomic E-state index is 0.514. The van der Waals surface area contributed by atoms with Gasteiger partial charge in [0.15, 0.2) is 0 Å². The lowest BCUT2D eigenvalue weighted by Gasteiger charge is -2.30. The zero-order valence-corrected chi connectivity index (χ0v) is 11.9. The molecule has 0 spiro atoms. The molecule has 2 rings (SSSR count). The average Bonchev–Trinajstić information content (AvgIpc) is 2.36. The Bertz CT molecular complexity index is 369. The molecular formula is C15H23NS. The highest BCUT2D eigenvalue weighted by atomic mass is 32.2. The molecule has 1 fully saturated rings. The van der Waals surface area contributed by atoms with Gasteiger partial charge < -0.3 is 5.32 Å². The molecule has 0 bridgehead atoms. The molecule has 1 aromatic carbocycles. The van der Waals surface area contributed by atoms with Gasteiger partial charge >= 0.3 is 0 Å². The molecule has 1 aromatic rings. The zero-order chi connectivity index (χ0) is 12.3. The second kappa shape index (κ2) is 5.92. The molecule has 1 saturated heterocycles. The van der Waals surface area contributed by atoms with E-state index in [1.807, 2.05) is 0 Å². The molecule has 0 amide bonds. The van der Waals surface area contributed by atoms with Crippen molar-refractivity contribution in [2.75, 3.05) is 12.8 Å². The standard InChI is InChI=1S/C15H23NS/c1-11-7-8-13(10-12(11)2)15(16-3)14-6-4-5-9-17-14/h7-8,10,14-16H,4-6,9H2,1-3H3. The van der Waals surface area contributed by atoms with Crippen LogP contribution in [0.25, 0.3) is 0 Å². The Hall–Kier alpha value is -0.470. The van der Waals surface area contributed by atoms with Crippen molar-refractivity contribution in [2.45, 2.75) is 44.4 Å². The topological polar surface area (TPSA) is 12.0 Å². The van der Waals surface area contributed by atoms with E-state index in [-0.39, 0.29) is 0 Å². The van der Waals surface area contributed by atoms with Crippen LogP contribution in [-0.4, -0.2) is 18.1 Å². The Morgan fingerprint density at radius 1 is 1.24 bits per heavy atom. The molecule has 0 radical (unpaired) electrons. The fraction of sp³-hybridized carbons (Fsp3) is 0.600. The maximum absolute atomic E-state index is 3.51. The van der Waals surface area contributed by atoms with Crippen LogP contribution in [-0.2, 0) is 0 Å². The van der Waals surface area contributed by atoms with Gasteiger partial charge in [-0.1, -0.05) is 24.6 Å². The molecule has 17 heavy (non-hydrogen) atoms. The van der Waals surface area contributed by atoms with E-state index < -0.39 is 0 Å². The summed E-state index contributed by atoms with van der Waals surface area (Å²) in [7, 11) is 2.09. The largest absolute Gasteiger partial charge is 0.312 e. The molecule has 0 aromatic heterocycles. The summed E-state index contributed by atoms with van der Waals surface area (Å²) in [6.45, 7) is 4.39. The lowest BCUT2D eigenvalue weighted by atomic mass is 9.96. The van der Waals surface area contributed by atoms with Gasteiger partial charge in [0.1, 0.15) is 0 Å². The first-order valence-corrected chi connectivity index (χ1v) is 7.63. The molecule has 2 atom stereocenters. The van der Waals surface area contributed by atoms with Gasteiger partial charge in [-0.2, -0.15) is 11.8 Å². The van der Waals surface area contributed by atoms with Crippen molar-refractivity contribution in [3.8, 4) is 0 Å². The summed E-state index contributed by atoms with van der Waals surface area (Å²) >= 11 is 2.14. The van der Waals surface area contributed by atoms with Crippen molar-refractivity contribution in [3.05, 3.63) is 34.9 Å². The van der Waals surface area contributed by atoms with Crippen LogP contribution in [0.3, 0.4) is 0 Å². The van der Waals surface area contributed by atoms with E-state index in [4.69, 9.17) is 0 Å². The summed E-state index contributed by atoms with van der Waals surface area (Å²) in [5, 5.41) is 4.26. The van der Waals surface area contributed by atoms with Crippen LogP contribution in [0.2, 0.25) is 0 Å². The van der Waals surface area contributed by atoms with E-state index in [1.54, 1.807) is 0 Å². The van der Waals surface area contributed by atoms with Crippen LogP contribution >= 0.6 is 11.8 Å². The highest BCUT2D eigenvalue weighted by molar-refractivity contribution is 8.00. The second-order valence-corrected chi connectivity index (χ2v) is 6.36. The molecule has 0 aliphatic carbocycles. The van der Waals surface area contributed by atoms with Gasteiger partial charge in [0.25, 0.3) is 0 Å². The smallest absolute Gasteiger partial charge is 0.0438 e. The SMILES string of the molecule is CNC(c1ccc(C)c(C)c1)C1CCCCS1. The number of hydrogen-bond acceptors (Lipinski definition) is 2. The number of benzene rings is 1. The third-order valence-electron chi connectivity index (χ3n) is 3.79. The monoisotopic (exact) mass is 249 g/mol. The van der Waals surface area contributed by atoms with Gasteiger partial charge in [0, 0.05) is 11.3 Å². The molecule has 1 nitrogen and oxygen atoms in total. The predicted molar refractivity (Wildman–Crippen MR) is 77.8 cm³/mol. The fourth-order valence-electron chi connectivity index (χ4n) is 2.55.